The summed E-state index contributed by atoms with van der Waals surface area (Å²) in [5, 5.41) is 3.03. The molecule has 1 N–H and O–H groups in total. The van der Waals surface area contributed by atoms with Crippen molar-refractivity contribution in [1.29, 1.82) is 0 Å². The van der Waals surface area contributed by atoms with Crippen molar-refractivity contribution in [3.8, 4) is 0 Å². The second-order valence-electron chi connectivity index (χ2n) is 5.11. The van der Waals surface area contributed by atoms with Crippen molar-refractivity contribution in [1.82, 2.24) is 10.2 Å². The van der Waals surface area contributed by atoms with Gasteiger partial charge in [0.2, 0.25) is 11.8 Å². The molecule has 1 aliphatic heterocycles. The van der Waals surface area contributed by atoms with E-state index in [9.17, 15) is 9.59 Å². The highest BCUT2D eigenvalue weighted by Crippen LogP contribution is 2.31. The Labute approximate surface area is 91.0 Å². The minimum absolute atomic E-state index is 0.0432. The number of hydrogen-bond acceptors (Lipinski definition) is 3. The topological polar surface area (TPSA) is 49.4 Å². The largest absolute Gasteiger partial charge is 0.315 e. The summed E-state index contributed by atoms with van der Waals surface area (Å²) in [6, 6.07) is 0.152. The van der Waals surface area contributed by atoms with E-state index in [1.807, 2.05) is 27.8 Å². The lowest BCUT2D eigenvalue weighted by atomic mass is 9.81. The summed E-state index contributed by atoms with van der Waals surface area (Å²) in [6.07, 6.45) is 0.935. The zero-order chi connectivity index (χ0) is 11.6. The summed E-state index contributed by atoms with van der Waals surface area (Å²) in [4.78, 5) is 24.9. The summed E-state index contributed by atoms with van der Waals surface area (Å²) in [5.41, 5.74) is -0.173. The third-order valence-corrected chi connectivity index (χ3v) is 2.81. The van der Waals surface area contributed by atoms with Gasteiger partial charge in [0.25, 0.3) is 0 Å². The quantitative estimate of drug-likeness (QED) is 0.703. The first-order valence-corrected chi connectivity index (χ1v) is 5.36. The third kappa shape index (κ3) is 3.02. The zero-order valence-electron chi connectivity index (χ0n) is 9.96. The van der Waals surface area contributed by atoms with Gasteiger partial charge < -0.3 is 5.32 Å². The van der Waals surface area contributed by atoms with Gasteiger partial charge >= 0.3 is 0 Å². The maximum absolute atomic E-state index is 11.7. The molecule has 4 nitrogen and oxygen atoms in total. The Hall–Kier alpha value is -0.900. The second-order valence-corrected chi connectivity index (χ2v) is 5.11. The summed E-state index contributed by atoms with van der Waals surface area (Å²) >= 11 is 0. The molecule has 0 aromatic rings. The van der Waals surface area contributed by atoms with E-state index in [4.69, 9.17) is 0 Å². The Morgan fingerprint density at radius 1 is 1.33 bits per heavy atom. The van der Waals surface area contributed by atoms with E-state index in [0.717, 1.165) is 0 Å². The van der Waals surface area contributed by atoms with Crippen molar-refractivity contribution in [3.05, 3.63) is 0 Å². The first-order chi connectivity index (χ1) is 6.85. The second kappa shape index (κ2) is 4.31. The van der Waals surface area contributed by atoms with Gasteiger partial charge in [-0.05, 0) is 19.4 Å². The molecule has 0 saturated carbocycles. The lowest BCUT2D eigenvalue weighted by Crippen LogP contribution is -2.50. The molecule has 4 heteroatoms. The number of carbonyl (C=O) groups excluding carboxylic acids is 2. The van der Waals surface area contributed by atoms with E-state index in [1.54, 1.807) is 0 Å². The van der Waals surface area contributed by atoms with Crippen molar-refractivity contribution in [3.63, 3.8) is 0 Å². The molecule has 1 unspecified atom stereocenters. The molecule has 0 spiro atoms. The Kier molecular flexibility index (Phi) is 3.50. The SMILES string of the molecule is CNC(C)CN1C(=O)CC(C)(C)CC1=O. The molecule has 0 aromatic heterocycles. The number of imide groups is 1. The zero-order valence-corrected chi connectivity index (χ0v) is 9.96. The first-order valence-electron chi connectivity index (χ1n) is 5.36. The Morgan fingerprint density at radius 3 is 2.20 bits per heavy atom. The van der Waals surface area contributed by atoms with E-state index in [1.165, 1.54) is 4.90 Å². The number of nitrogens with zero attached hydrogens (tertiary/aromatic N) is 1. The van der Waals surface area contributed by atoms with Gasteiger partial charge in [-0.15, -0.1) is 0 Å². The molecule has 0 aliphatic carbocycles. The van der Waals surface area contributed by atoms with Crippen LogP contribution in [0.1, 0.15) is 33.6 Å². The van der Waals surface area contributed by atoms with Crippen LogP contribution in [0, 0.1) is 5.41 Å². The molecular weight excluding hydrogens is 192 g/mol. The van der Waals surface area contributed by atoms with Gasteiger partial charge in [0.15, 0.2) is 0 Å². The number of piperidine rings is 1. The molecule has 0 bridgehead atoms. The summed E-state index contributed by atoms with van der Waals surface area (Å²) in [7, 11) is 1.83. The van der Waals surface area contributed by atoms with E-state index in [0.29, 0.717) is 19.4 Å². The van der Waals surface area contributed by atoms with Crippen LogP contribution in [-0.2, 0) is 9.59 Å². The van der Waals surface area contributed by atoms with Crippen LogP contribution in [0.3, 0.4) is 0 Å². The van der Waals surface area contributed by atoms with Gasteiger partial charge in [0.05, 0.1) is 0 Å². The third-order valence-electron chi connectivity index (χ3n) is 2.81. The Balaban J connectivity index is 2.67. The van der Waals surface area contributed by atoms with Gasteiger partial charge in [-0.2, -0.15) is 0 Å². The predicted octanol–water partition coefficient (Wildman–Crippen LogP) is 0.769. The highest BCUT2D eigenvalue weighted by molar-refractivity contribution is 5.98. The molecule has 2 amide bonds. The fourth-order valence-corrected chi connectivity index (χ4v) is 1.78. The van der Waals surface area contributed by atoms with E-state index < -0.39 is 0 Å². The van der Waals surface area contributed by atoms with Crippen LogP contribution in [0.5, 0.6) is 0 Å². The number of likely N-dealkylation sites (tertiary alicyclic amines) is 1. The highest BCUT2D eigenvalue weighted by Gasteiger charge is 2.37. The Bertz CT molecular complexity index is 254. The van der Waals surface area contributed by atoms with Crippen LogP contribution < -0.4 is 5.32 Å². The van der Waals surface area contributed by atoms with Crippen LogP contribution in [-0.4, -0.2) is 36.3 Å². The van der Waals surface area contributed by atoms with E-state index in [-0.39, 0.29) is 23.3 Å². The molecule has 1 aliphatic rings. The fourth-order valence-electron chi connectivity index (χ4n) is 1.78. The van der Waals surface area contributed by atoms with Crippen molar-refractivity contribution in [2.24, 2.45) is 5.41 Å². The molecule has 15 heavy (non-hydrogen) atoms. The number of amides is 2. The maximum Gasteiger partial charge on any atom is 0.229 e. The monoisotopic (exact) mass is 212 g/mol. The lowest BCUT2D eigenvalue weighted by Gasteiger charge is -2.35. The van der Waals surface area contributed by atoms with Crippen LogP contribution in [0.2, 0.25) is 0 Å². The minimum atomic E-state index is -0.173. The lowest BCUT2D eigenvalue weighted by molar-refractivity contribution is -0.152. The standard InChI is InChI=1S/C11H20N2O2/c1-8(12-4)7-13-9(14)5-11(2,3)6-10(13)15/h8,12H,5-7H2,1-4H3. The number of rotatable bonds is 3. The molecule has 1 rings (SSSR count). The number of likely N-dealkylation sites (N-methyl/N-ethyl adjacent to an activating group) is 1. The molecule has 1 atom stereocenters. The van der Waals surface area contributed by atoms with Crippen LogP contribution in [0.15, 0.2) is 0 Å². The van der Waals surface area contributed by atoms with Gasteiger partial charge in [-0.25, -0.2) is 0 Å². The Morgan fingerprint density at radius 2 is 1.80 bits per heavy atom. The number of carbonyl (C=O) groups is 2. The predicted molar refractivity (Wildman–Crippen MR) is 58.3 cm³/mol. The molecule has 0 radical (unpaired) electrons. The highest BCUT2D eigenvalue weighted by atomic mass is 16.2. The van der Waals surface area contributed by atoms with Crippen molar-refractivity contribution in [2.45, 2.75) is 39.7 Å². The van der Waals surface area contributed by atoms with Crippen molar-refractivity contribution < 1.29 is 9.59 Å². The number of hydrogen-bond donors (Lipinski definition) is 1. The molecule has 0 aromatic carbocycles. The van der Waals surface area contributed by atoms with Crippen LogP contribution in [0.4, 0.5) is 0 Å². The van der Waals surface area contributed by atoms with Gasteiger partial charge in [-0.3, -0.25) is 14.5 Å². The number of nitrogens with one attached hydrogen (secondary N) is 1. The van der Waals surface area contributed by atoms with Crippen LogP contribution >= 0.6 is 0 Å². The average Bonchev–Trinajstić information content (AvgIpc) is 2.09. The van der Waals surface area contributed by atoms with Crippen molar-refractivity contribution >= 4 is 11.8 Å². The molecule has 1 fully saturated rings. The van der Waals surface area contributed by atoms with E-state index >= 15 is 0 Å². The summed E-state index contributed by atoms with van der Waals surface area (Å²) in [5.74, 6) is -0.0864. The van der Waals surface area contributed by atoms with Gasteiger partial charge in [0.1, 0.15) is 0 Å². The van der Waals surface area contributed by atoms with E-state index in [2.05, 4.69) is 5.32 Å². The molecule has 86 valence electrons. The first kappa shape index (κ1) is 12.2. The van der Waals surface area contributed by atoms with Gasteiger partial charge in [-0.1, -0.05) is 13.8 Å². The summed E-state index contributed by atoms with van der Waals surface area (Å²) < 4.78 is 0. The normalized spacial score (nSPS) is 23.1. The fraction of sp³-hybridized carbons (Fsp3) is 0.818. The average molecular weight is 212 g/mol. The minimum Gasteiger partial charge on any atom is -0.315 e. The van der Waals surface area contributed by atoms with Crippen molar-refractivity contribution in [2.75, 3.05) is 13.6 Å². The van der Waals surface area contributed by atoms with Crippen LogP contribution in [0.25, 0.3) is 0 Å². The maximum atomic E-state index is 11.7. The molecular formula is C11H20N2O2. The smallest absolute Gasteiger partial charge is 0.229 e. The van der Waals surface area contributed by atoms with Gasteiger partial charge in [0, 0.05) is 25.4 Å². The summed E-state index contributed by atoms with van der Waals surface area (Å²) in [6.45, 7) is 6.35. The molecule has 1 heterocycles. The molecule has 1 saturated heterocycles.